The first kappa shape index (κ1) is 13.0. The van der Waals surface area contributed by atoms with Gasteiger partial charge in [-0.3, -0.25) is 0 Å². The second-order valence-corrected chi connectivity index (χ2v) is 6.44. The van der Waals surface area contributed by atoms with Crippen molar-refractivity contribution in [1.29, 1.82) is 0 Å². The minimum absolute atomic E-state index is 0.325. The SMILES string of the molecule is CC1(C)OB(c2ccc3[nH]cc(Cl)c3c2)OC1(C)C. The molecule has 0 unspecified atom stereocenters. The fraction of sp³-hybridized carbons (Fsp3) is 0.429. The average molecular weight is 278 g/mol. The number of hydrogen-bond donors (Lipinski definition) is 1. The molecule has 1 fully saturated rings. The molecule has 0 atom stereocenters. The number of rotatable bonds is 1. The largest absolute Gasteiger partial charge is 0.494 e. The maximum Gasteiger partial charge on any atom is 0.494 e. The lowest BCUT2D eigenvalue weighted by molar-refractivity contribution is 0.00578. The number of nitrogens with one attached hydrogen (secondary N) is 1. The molecule has 2 aromatic rings. The Bertz CT molecular complexity index is 619. The van der Waals surface area contributed by atoms with Gasteiger partial charge in [0.1, 0.15) is 0 Å². The third kappa shape index (κ3) is 1.99. The van der Waals surface area contributed by atoms with Gasteiger partial charge in [0.05, 0.1) is 16.2 Å². The van der Waals surface area contributed by atoms with E-state index in [4.69, 9.17) is 20.9 Å². The van der Waals surface area contributed by atoms with Crippen LogP contribution in [0.5, 0.6) is 0 Å². The van der Waals surface area contributed by atoms with E-state index in [0.717, 1.165) is 16.4 Å². The van der Waals surface area contributed by atoms with E-state index in [0.29, 0.717) is 5.02 Å². The standard InChI is InChI=1S/C14H17BClNO2/c1-13(2)14(3,4)19-15(18-13)9-5-6-12-10(7-9)11(16)8-17-12/h5-8,17H,1-4H3. The van der Waals surface area contributed by atoms with Crippen molar-refractivity contribution in [2.24, 2.45) is 0 Å². The molecular weight excluding hydrogens is 260 g/mol. The highest BCUT2D eigenvalue weighted by molar-refractivity contribution is 6.62. The zero-order valence-corrected chi connectivity index (χ0v) is 12.3. The van der Waals surface area contributed by atoms with Crippen molar-refractivity contribution in [2.75, 3.05) is 0 Å². The Morgan fingerprint density at radius 1 is 1.11 bits per heavy atom. The fourth-order valence-electron chi connectivity index (χ4n) is 2.23. The summed E-state index contributed by atoms with van der Waals surface area (Å²) in [7, 11) is -0.347. The van der Waals surface area contributed by atoms with Crippen LogP contribution in [0.4, 0.5) is 0 Å². The number of benzene rings is 1. The zero-order chi connectivity index (χ0) is 13.8. The Morgan fingerprint density at radius 3 is 2.37 bits per heavy atom. The van der Waals surface area contributed by atoms with E-state index in [9.17, 15) is 0 Å². The van der Waals surface area contributed by atoms with Crippen LogP contribution >= 0.6 is 11.6 Å². The number of halogens is 1. The van der Waals surface area contributed by atoms with Crippen molar-refractivity contribution >= 4 is 35.1 Å². The molecule has 0 saturated carbocycles. The number of fused-ring (bicyclic) bond motifs is 1. The average Bonchev–Trinajstić information content (AvgIpc) is 2.78. The highest BCUT2D eigenvalue weighted by Crippen LogP contribution is 2.36. The molecule has 0 amide bonds. The first-order valence-electron chi connectivity index (χ1n) is 6.42. The van der Waals surface area contributed by atoms with Gasteiger partial charge in [0, 0.05) is 17.1 Å². The summed E-state index contributed by atoms with van der Waals surface area (Å²) in [6, 6.07) is 6.04. The van der Waals surface area contributed by atoms with Crippen LogP contribution < -0.4 is 5.46 Å². The van der Waals surface area contributed by atoms with E-state index in [1.54, 1.807) is 6.20 Å². The Kier molecular flexibility index (Phi) is 2.75. The van der Waals surface area contributed by atoms with E-state index < -0.39 is 0 Å². The summed E-state index contributed by atoms with van der Waals surface area (Å²) in [5.41, 5.74) is 1.36. The van der Waals surface area contributed by atoms with Crippen molar-refractivity contribution in [3.8, 4) is 0 Å². The van der Waals surface area contributed by atoms with Crippen LogP contribution in [-0.2, 0) is 9.31 Å². The van der Waals surface area contributed by atoms with Crippen molar-refractivity contribution in [3.63, 3.8) is 0 Å². The number of hydrogen-bond acceptors (Lipinski definition) is 2. The van der Waals surface area contributed by atoms with E-state index >= 15 is 0 Å². The molecule has 0 spiro atoms. The van der Waals surface area contributed by atoms with Crippen LogP contribution in [0.2, 0.25) is 5.02 Å². The molecule has 1 aromatic heterocycles. The molecule has 100 valence electrons. The van der Waals surface area contributed by atoms with Crippen LogP contribution in [0, 0.1) is 0 Å². The molecule has 1 aromatic carbocycles. The molecule has 0 aliphatic carbocycles. The molecule has 3 rings (SSSR count). The summed E-state index contributed by atoms with van der Waals surface area (Å²) < 4.78 is 12.1. The maximum absolute atomic E-state index is 6.15. The number of aromatic amines is 1. The topological polar surface area (TPSA) is 34.2 Å². The predicted molar refractivity (Wildman–Crippen MR) is 79.0 cm³/mol. The number of H-pyrrole nitrogens is 1. The van der Waals surface area contributed by atoms with Crippen LogP contribution in [0.3, 0.4) is 0 Å². The van der Waals surface area contributed by atoms with Gasteiger partial charge in [-0.1, -0.05) is 23.7 Å². The monoisotopic (exact) mass is 277 g/mol. The van der Waals surface area contributed by atoms with E-state index in [2.05, 4.69) is 32.7 Å². The van der Waals surface area contributed by atoms with Crippen molar-refractivity contribution in [1.82, 2.24) is 4.98 Å². The van der Waals surface area contributed by atoms with Crippen molar-refractivity contribution in [2.45, 2.75) is 38.9 Å². The summed E-state index contributed by atoms with van der Waals surface area (Å²) in [6.07, 6.45) is 1.79. The maximum atomic E-state index is 6.15. The van der Waals surface area contributed by atoms with Gasteiger partial charge in [-0.2, -0.15) is 0 Å². The Morgan fingerprint density at radius 2 is 1.74 bits per heavy atom. The van der Waals surface area contributed by atoms with Gasteiger partial charge < -0.3 is 14.3 Å². The Hall–Kier alpha value is -0.965. The molecular formula is C14H17BClNO2. The molecule has 1 aliphatic rings. The molecule has 2 heterocycles. The van der Waals surface area contributed by atoms with Crippen LogP contribution in [0.1, 0.15) is 27.7 Å². The predicted octanol–water partition coefficient (Wildman–Crippen LogP) is 3.12. The first-order valence-corrected chi connectivity index (χ1v) is 6.80. The molecule has 19 heavy (non-hydrogen) atoms. The van der Waals surface area contributed by atoms with Gasteiger partial charge in [0.2, 0.25) is 0 Å². The molecule has 0 bridgehead atoms. The van der Waals surface area contributed by atoms with Gasteiger partial charge in [0.15, 0.2) is 0 Å². The third-order valence-corrected chi connectivity index (χ3v) is 4.49. The summed E-state index contributed by atoms with van der Waals surface area (Å²) in [6.45, 7) is 8.20. The van der Waals surface area contributed by atoms with E-state index in [-0.39, 0.29) is 18.3 Å². The van der Waals surface area contributed by atoms with Crippen molar-refractivity contribution < 1.29 is 9.31 Å². The normalized spacial score (nSPS) is 21.2. The molecule has 1 aliphatic heterocycles. The Balaban J connectivity index is 2.00. The van der Waals surface area contributed by atoms with Crippen molar-refractivity contribution in [3.05, 3.63) is 29.4 Å². The summed E-state index contributed by atoms with van der Waals surface area (Å²) >= 11 is 6.15. The highest BCUT2D eigenvalue weighted by atomic mass is 35.5. The molecule has 5 heteroatoms. The Labute approximate surface area is 118 Å². The summed E-state index contributed by atoms with van der Waals surface area (Å²) in [5, 5.41) is 1.71. The molecule has 1 N–H and O–H groups in total. The lowest BCUT2D eigenvalue weighted by Crippen LogP contribution is -2.41. The van der Waals surface area contributed by atoms with Gasteiger partial charge >= 0.3 is 7.12 Å². The zero-order valence-electron chi connectivity index (χ0n) is 11.6. The molecule has 1 saturated heterocycles. The quantitative estimate of drug-likeness (QED) is 0.813. The minimum atomic E-state index is -0.347. The van der Waals surface area contributed by atoms with Gasteiger partial charge in [-0.05, 0) is 39.2 Å². The molecule has 0 radical (unpaired) electrons. The summed E-state index contributed by atoms with van der Waals surface area (Å²) in [5.74, 6) is 0. The van der Waals surface area contributed by atoms with Crippen LogP contribution in [0.25, 0.3) is 10.9 Å². The van der Waals surface area contributed by atoms with E-state index in [1.165, 1.54) is 0 Å². The van der Waals surface area contributed by atoms with Gasteiger partial charge in [-0.25, -0.2) is 0 Å². The lowest BCUT2D eigenvalue weighted by Gasteiger charge is -2.32. The number of aromatic nitrogens is 1. The lowest BCUT2D eigenvalue weighted by atomic mass is 9.79. The first-order chi connectivity index (χ1) is 8.80. The summed E-state index contributed by atoms with van der Waals surface area (Å²) in [4.78, 5) is 3.12. The fourth-order valence-corrected chi connectivity index (χ4v) is 2.44. The van der Waals surface area contributed by atoms with Crippen LogP contribution in [0.15, 0.2) is 24.4 Å². The third-order valence-electron chi connectivity index (χ3n) is 4.18. The second-order valence-electron chi connectivity index (χ2n) is 6.03. The minimum Gasteiger partial charge on any atom is -0.399 e. The highest BCUT2D eigenvalue weighted by Gasteiger charge is 2.51. The second kappa shape index (κ2) is 4.01. The van der Waals surface area contributed by atoms with Crippen LogP contribution in [-0.4, -0.2) is 23.3 Å². The smallest absolute Gasteiger partial charge is 0.399 e. The van der Waals surface area contributed by atoms with E-state index in [1.807, 2.05) is 18.2 Å². The molecule has 3 nitrogen and oxygen atoms in total. The van der Waals surface area contributed by atoms with Gasteiger partial charge in [0.25, 0.3) is 0 Å². The van der Waals surface area contributed by atoms with Gasteiger partial charge in [-0.15, -0.1) is 0 Å².